The van der Waals surface area contributed by atoms with E-state index in [0.29, 0.717) is 12.8 Å². The van der Waals surface area contributed by atoms with Gasteiger partial charge in [0.15, 0.2) is 5.78 Å². The highest BCUT2D eigenvalue weighted by molar-refractivity contribution is 5.91. The van der Waals surface area contributed by atoms with E-state index in [9.17, 15) is 24.6 Å². The Morgan fingerprint density at radius 3 is 2.07 bits per heavy atom. The first-order chi connectivity index (χ1) is 14.3. The number of rotatable bonds is 9. The van der Waals surface area contributed by atoms with E-state index in [4.69, 9.17) is 0 Å². The van der Waals surface area contributed by atoms with Gasteiger partial charge in [0.05, 0.1) is 37.9 Å². The zero-order chi connectivity index (χ0) is 22.4. The molecule has 2 saturated heterocycles. The van der Waals surface area contributed by atoms with Crippen LogP contribution in [0.1, 0.15) is 59.8 Å². The second-order valence-corrected chi connectivity index (χ2v) is 8.36. The van der Waals surface area contributed by atoms with Crippen molar-refractivity contribution in [1.29, 1.82) is 0 Å². The first-order valence-electron chi connectivity index (χ1n) is 11.3. The van der Waals surface area contributed by atoms with E-state index in [2.05, 4.69) is 5.32 Å². The number of hydrogen-bond donors (Lipinski definition) is 3. The zero-order valence-corrected chi connectivity index (χ0v) is 18.7. The van der Waals surface area contributed by atoms with Crippen LogP contribution in [0.5, 0.6) is 0 Å². The average molecular weight is 427 g/mol. The van der Waals surface area contributed by atoms with E-state index >= 15 is 0 Å². The summed E-state index contributed by atoms with van der Waals surface area (Å²) in [6, 6.07) is -1.00. The number of amides is 3. The fourth-order valence-corrected chi connectivity index (χ4v) is 4.38. The lowest BCUT2D eigenvalue weighted by Gasteiger charge is -2.34. The van der Waals surface area contributed by atoms with Gasteiger partial charge in [-0.25, -0.2) is 14.8 Å². The number of nitrogens with zero attached hydrogens (tertiary/aromatic N) is 3. The van der Waals surface area contributed by atoms with E-state index in [1.165, 1.54) is 14.9 Å². The van der Waals surface area contributed by atoms with Crippen molar-refractivity contribution in [3.05, 3.63) is 0 Å². The van der Waals surface area contributed by atoms with Crippen molar-refractivity contribution in [3.8, 4) is 0 Å². The third-order valence-corrected chi connectivity index (χ3v) is 6.34. The Labute approximate surface area is 179 Å². The van der Waals surface area contributed by atoms with Crippen molar-refractivity contribution in [1.82, 2.24) is 20.2 Å². The number of Topliss-reactive ketones (excluding diaryl/α,β-unsaturated/α-hetero) is 1. The molecule has 0 aromatic heterocycles. The Bertz CT molecular complexity index is 608. The summed E-state index contributed by atoms with van der Waals surface area (Å²) in [7, 11) is 0. The van der Waals surface area contributed by atoms with E-state index < -0.39 is 24.3 Å². The summed E-state index contributed by atoms with van der Waals surface area (Å²) < 4.78 is 0. The summed E-state index contributed by atoms with van der Waals surface area (Å²) in [5.41, 5.74) is 0. The van der Waals surface area contributed by atoms with Crippen LogP contribution in [-0.4, -0.2) is 93.3 Å². The highest BCUT2D eigenvalue weighted by Crippen LogP contribution is 2.27. The van der Waals surface area contributed by atoms with Crippen LogP contribution in [0.4, 0.5) is 4.79 Å². The zero-order valence-electron chi connectivity index (χ0n) is 18.7. The van der Waals surface area contributed by atoms with E-state index in [1.807, 2.05) is 27.7 Å². The first-order valence-corrected chi connectivity index (χ1v) is 11.3. The molecule has 0 saturated carbocycles. The smallest absolute Gasteiger partial charge is 0.339 e. The normalized spacial score (nSPS) is 24.4. The molecule has 30 heavy (non-hydrogen) atoms. The van der Waals surface area contributed by atoms with Gasteiger partial charge in [0.2, 0.25) is 0 Å². The molecule has 2 rings (SSSR count). The van der Waals surface area contributed by atoms with Crippen molar-refractivity contribution in [2.24, 2.45) is 5.92 Å². The molecule has 2 heterocycles. The molecule has 9 heteroatoms. The predicted octanol–water partition coefficient (Wildman–Crippen LogP) is 0.745. The van der Waals surface area contributed by atoms with Crippen molar-refractivity contribution in [2.75, 3.05) is 26.2 Å². The Balaban J connectivity index is 2.13. The summed E-state index contributed by atoms with van der Waals surface area (Å²) in [6.45, 7) is 8.11. The summed E-state index contributed by atoms with van der Waals surface area (Å²) in [4.78, 5) is 40.4. The maximum Gasteiger partial charge on any atom is 0.339 e. The van der Waals surface area contributed by atoms with Crippen LogP contribution in [0.2, 0.25) is 0 Å². The number of aliphatic hydroxyl groups excluding tert-OH is 2. The quantitative estimate of drug-likeness (QED) is 0.501. The minimum atomic E-state index is -0.841. The van der Waals surface area contributed by atoms with Gasteiger partial charge in [-0.05, 0) is 25.7 Å². The maximum absolute atomic E-state index is 13.3. The SMILES string of the molecule is CCC(CC)NCC(=O)N1CC(O)CN1C(=O)N1CC(O)CC1C(=O)C(CC)CC. The highest BCUT2D eigenvalue weighted by atomic mass is 16.3. The third kappa shape index (κ3) is 5.50. The van der Waals surface area contributed by atoms with Gasteiger partial charge in [-0.2, -0.15) is 0 Å². The van der Waals surface area contributed by atoms with Crippen LogP contribution >= 0.6 is 0 Å². The van der Waals surface area contributed by atoms with Gasteiger partial charge in [0.25, 0.3) is 5.91 Å². The van der Waals surface area contributed by atoms with E-state index in [-0.39, 0.29) is 56.3 Å². The number of carbonyl (C=O) groups excluding carboxylic acids is 3. The van der Waals surface area contributed by atoms with Crippen molar-refractivity contribution in [3.63, 3.8) is 0 Å². The summed E-state index contributed by atoms with van der Waals surface area (Å²) in [5.74, 6) is -0.505. The monoisotopic (exact) mass is 426 g/mol. The molecule has 0 radical (unpaired) electrons. The van der Waals surface area contributed by atoms with Crippen LogP contribution in [0.25, 0.3) is 0 Å². The third-order valence-electron chi connectivity index (χ3n) is 6.34. The molecule has 0 aromatic carbocycles. The Morgan fingerprint density at radius 1 is 0.900 bits per heavy atom. The maximum atomic E-state index is 13.3. The molecule has 2 fully saturated rings. The molecule has 3 amide bonds. The van der Waals surface area contributed by atoms with Crippen LogP contribution < -0.4 is 5.32 Å². The van der Waals surface area contributed by atoms with Crippen LogP contribution in [-0.2, 0) is 9.59 Å². The Kier molecular flexibility index (Phi) is 9.06. The molecule has 3 atom stereocenters. The second-order valence-electron chi connectivity index (χ2n) is 8.36. The van der Waals surface area contributed by atoms with Gasteiger partial charge < -0.3 is 20.4 Å². The molecule has 2 aliphatic heterocycles. The first kappa shape index (κ1) is 24.6. The molecule has 0 aromatic rings. The Morgan fingerprint density at radius 2 is 1.50 bits per heavy atom. The number of likely N-dealkylation sites (tertiary alicyclic amines) is 1. The van der Waals surface area contributed by atoms with Crippen LogP contribution in [0.3, 0.4) is 0 Å². The van der Waals surface area contributed by atoms with E-state index in [1.54, 1.807) is 0 Å². The van der Waals surface area contributed by atoms with Gasteiger partial charge in [-0.15, -0.1) is 0 Å². The molecule has 9 nitrogen and oxygen atoms in total. The van der Waals surface area contributed by atoms with Gasteiger partial charge in [0, 0.05) is 24.9 Å². The van der Waals surface area contributed by atoms with Crippen molar-refractivity contribution >= 4 is 17.7 Å². The van der Waals surface area contributed by atoms with Crippen LogP contribution in [0.15, 0.2) is 0 Å². The predicted molar refractivity (Wildman–Crippen MR) is 112 cm³/mol. The molecule has 3 unspecified atom stereocenters. The molecular weight excluding hydrogens is 388 g/mol. The number of nitrogens with one attached hydrogen (secondary N) is 1. The number of carbonyl (C=O) groups is 3. The second kappa shape index (κ2) is 11.1. The molecule has 0 aliphatic carbocycles. The van der Waals surface area contributed by atoms with Gasteiger partial charge in [-0.1, -0.05) is 27.7 Å². The summed E-state index contributed by atoms with van der Waals surface area (Å²) in [6.07, 6.45) is 1.73. The molecular formula is C21H38N4O5. The van der Waals surface area contributed by atoms with Crippen molar-refractivity contribution in [2.45, 2.75) is 84.1 Å². The summed E-state index contributed by atoms with van der Waals surface area (Å²) in [5, 5.41) is 26.0. The van der Waals surface area contributed by atoms with Crippen LogP contribution in [0, 0.1) is 5.92 Å². The summed E-state index contributed by atoms with van der Waals surface area (Å²) >= 11 is 0. The number of urea groups is 1. The molecule has 2 aliphatic rings. The van der Waals surface area contributed by atoms with Gasteiger partial charge >= 0.3 is 6.03 Å². The topological polar surface area (TPSA) is 113 Å². The van der Waals surface area contributed by atoms with E-state index in [0.717, 1.165) is 12.8 Å². The minimum absolute atomic E-state index is 0.00591. The lowest BCUT2D eigenvalue weighted by atomic mass is 9.92. The molecule has 172 valence electrons. The number of aliphatic hydroxyl groups is 2. The lowest BCUT2D eigenvalue weighted by Crippen LogP contribution is -2.55. The number of β-amino-alcohol motifs (C(OH)–C–C–N with tert-alkyl or cyclic N) is 2. The standard InChI is InChI=1S/C21H38N4O5/c1-5-14(6-2)20(29)18-9-16(26)11-23(18)21(30)25-13-17(27)12-24(25)19(28)10-22-15(7-3)8-4/h14-18,22,26-27H,5-13H2,1-4H3. The number of hydrazine groups is 1. The van der Waals surface area contributed by atoms with Gasteiger partial charge in [0.1, 0.15) is 0 Å². The fourth-order valence-electron chi connectivity index (χ4n) is 4.38. The number of ketones is 1. The minimum Gasteiger partial charge on any atom is -0.391 e. The largest absolute Gasteiger partial charge is 0.391 e. The Hall–Kier alpha value is -1.71. The molecule has 0 spiro atoms. The fraction of sp³-hybridized carbons (Fsp3) is 0.857. The number of hydrogen-bond acceptors (Lipinski definition) is 6. The van der Waals surface area contributed by atoms with Crippen molar-refractivity contribution < 1.29 is 24.6 Å². The molecule has 3 N–H and O–H groups in total. The average Bonchev–Trinajstić information content (AvgIpc) is 3.31. The highest BCUT2D eigenvalue weighted by Gasteiger charge is 2.45. The lowest BCUT2D eigenvalue weighted by molar-refractivity contribution is -0.140. The van der Waals surface area contributed by atoms with Gasteiger partial charge in [-0.3, -0.25) is 9.59 Å². The molecule has 0 bridgehead atoms.